The van der Waals surface area contributed by atoms with Crippen molar-refractivity contribution in [2.75, 3.05) is 36.5 Å². The average molecular weight is 292 g/mol. The van der Waals surface area contributed by atoms with E-state index in [0.717, 1.165) is 18.8 Å². The molecule has 2 N–H and O–H groups in total. The Balaban J connectivity index is 1.81. The number of aliphatic carboxylic acids is 1. The summed E-state index contributed by atoms with van der Waals surface area (Å²) in [5.41, 5.74) is 1.84. The summed E-state index contributed by atoms with van der Waals surface area (Å²) < 4.78 is 4.73. The number of carboxylic acid groups (broad SMARTS) is 1. The zero-order valence-corrected chi connectivity index (χ0v) is 11.9. The van der Waals surface area contributed by atoms with E-state index in [4.69, 9.17) is 9.84 Å². The summed E-state index contributed by atoms with van der Waals surface area (Å²) >= 11 is 0. The lowest BCUT2D eigenvalue weighted by molar-refractivity contribution is -0.143. The molecule has 114 valence electrons. The molecule has 6 heteroatoms. The minimum absolute atomic E-state index is 0.264. The van der Waals surface area contributed by atoms with Crippen LogP contribution in [0, 0.1) is 0 Å². The average Bonchev–Trinajstić information content (AvgIpc) is 2.48. The molecule has 1 saturated heterocycles. The minimum atomic E-state index is -1.09. The molecule has 0 atom stereocenters. The number of nitrogens with zero attached hydrogens (tertiary/aromatic N) is 1. The van der Waals surface area contributed by atoms with Crippen LogP contribution >= 0.6 is 0 Å². The van der Waals surface area contributed by atoms with Crippen LogP contribution in [-0.4, -0.2) is 43.3 Å². The molecule has 0 radical (unpaired) electrons. The van der Waals surface area contributed by atoms with Gasteiger partial charge in [-0.1, -0.05) is 0 Å². The van der Waals surface area contributed by atoms with Crippen LogP contribution in [-0.2, 0) is 14.3 Å². The number of benzene rings is 1. The maximum Gasteiger partial charge on any atom is 0.329 e. The number of amides is 1. The largest absolute Gasteiger partial charge is 0.480 e. The third-order valence-electron chi connectivity index (χ3n) is 3.33. The summed E-state index contributed by atoms with van der Waals surface area (Å²) in [6.07, 6.45) is 3.74. The summed E-state index contributed by atoms with van der Waals surface area (Å²) in [4.78, 5) is 24.1. The molecule has 0 bridgehead atoms. The summed E-state index contributed by atoms with van der Waals surface area (Å²) in [6, 6.07) is 7.66. The zero-order valence-electron chi connectivity index (χ0n) is 11.9. The Morgan fingerprint density at radius 2 is 1.76 bits per heavy atom. The van der Waals surface area contributed by atoms with Crippen LogP contribution in [0.2, 0.25) is 0 Å². The van der Waals surface area contributed by atoms with E-state index in [0.29, 0.717) is 5.69 Å². The first-order valence-electron chi connectivity index (χ1n) is 7.09. The molecule has 0 spiro atoms. The predicted octanol–water partition coefficient (Wildman–Crippen LogP) is 1.72. The highest BCUT2D eigenvalue weighted by Crippen LogP contribution is 2.21. The normalized spacial score (nSPS) is 14.8. The Bertz CT molecular complexity index is 481. The molecule has 0 saturated carbocycles. The molecule has 0 aromatic heterocycles. The van der Waals surface area contributed by atoms with E-state index < -0.39 is 12.6 Å². The molecular formula is C15H20N2O4. The van der Waals surface area contributed by atoms with E-state index in [-0.39, 0.29) is 12.5 Å². The van der Waals surface area contributed by atoms with Gasteiger partial charge in [-0.2, -0.15) is 0 Å². The number of nitrogens with one attached hydrogen (secondary N) is 1. The fourth-order valence-electron chi connectivity index (χ4n) is 2.34. The monoisotopic (exact) mass is 292 g/mol. The van der Waals surface area contributed by atoms with E-state index in [9.17, 15) is 9.59 Å². The molecule has 1 fully saturated rings. The molecule has 1 aromatic carbocycles. The van der Waals surface area contributed by atoms with Gasteiger partial charge in [-0.15, -0.1) is 0 Å². The number of carboxylic acids is 1. The number of carbonyl (C=O) groups is 2. The number of rotatable bonds is 6. The first-order chi connectivity index (χ1) is 10.1. The van der Waals surface area contributed by atoms with Gasteiger partial charge in [-0.3, -0.25) is 4.79 Å². The van der Waals surface area contributed by atoms with Crippen molar-refractivity contribution in [2.45, 2.75) is 19.3 Å². The van der Waals surface area contributed by atoms with E-state index in [1.807, 2.05) is 24.3 Å². The molecule has 1 aromatic rings. The number of ether oxygens (including phenoxy) is 1. The smallest absolute Gasteiger partial charge is 0.329 e. The molecular weight excluding hydrogens is 272 g/mol. The summed E-state index contributed by atoms with van der Waals surface area (Å²) in [5.74, 6) is -1.45. The van der Waals surface area contributed by atoms with Crippen molar-refractivity contribution in [1.82, 2.24) is 0 Å². The molecule has 1 aliphatic rings. The highest BCUT2D eigenvalue weighted by molar-refractivity contribution is 5.92. The Morgan fingerprint density at radius 3 is 2.38 bits per heavy atom. The molecule has 1 aliphatic heterocycles. The van der Waals surface area contributed by atoms with Crippen LogP contribution in [0.3, 0.4) is 0 Å². The van der Waals surface area contributed by atoms with Gasteiger partial charge in [0, 0.05) is 24.5 Å². The first kappa shape index (κ1) is 15.3. The number of piperidine rings is 1. The van der Waals surface area contributed by atoms with Gasteiger partial charge in [0.2, 0.25) is 5.91 Å². The van der Waals surface area contributed by atoms with Gasteiger partial charge in [0.15, 0.2) is 0 Å². The number of anilines is 2. The third kappa shape index (κ3) is 5.07. The molecule has 6 nitrogen and oxygen atoms in total. The topological polar surface area (TPSA) is 78.9 Å². The quantitative estimate of drug-likeness (QED) is 0.834. The summed E-state index contributed by atoms with van der Waals surface area (Å²) in [7, 11) is 0. The van der Waals surface area contributed by atoms with E-state index in [2.05, 4.69) is 10.2 Å². The standard InChI is InChI=1S/C15H20N2O4/c18-14(10-21-11-15(19)20)16-12-4-6-13(7-5-12)17-8-2-1-3-9-17/h4-7H,1-3,8-11H2,(H,16,18)(H,19,20). The fourth-order valence-corrected chi connectivity index (χ4v) is 2.34. The van der Waals surface area contributed by atoms with Crippen molar-refractivity contribution in [3.63, 3.8) is 0 Å². The van der Waals surface area contributed by atoms with Gasteiger partial charge in [0.25, 0.3) is 0 Å². The SMILES string of the molecule is O=C(O)COCC(=O)Nc1ccc(N2CCCCC2)cc1. The number of hydrogen-bond donors (Lipinski definition) is 2. The van der Waals surface area contributed by atoms with Crippen molar-refractivity contribution in [3.8, 4) is 0 Å². The molecule has 2 rings (SSSR count). The van der Waals surface area contributed by atoms with Crippen LogP contribution in [0.4, 0.5) is 11.4 Å². The van der Waals surface area contributed by atoms with E-state index >= 15 is 0 Å². The number of hydrogen-bond acceptors (Lipinski definition) is 4. The maximum absolute atomic E-state index is 11.5. The third-order valence-corrected chi connectivity index (χ3v) is 3.33. The lowest BCUT2D eigenvalue weighted by atomic mass is 10.1. The van der Waals surface area contributed by atoms with Crippen molar-refractivity contribution in [2.24, 2.45) is 0 Å². The lowest BCUT2D eigenvalue weighted by Crippen LogP contribution is -2.29. The fraction of sp³-hybridized carbons (Fsp3) is 0.467. The highest BCUT2D eigenvalue weighted by atomic mass is 16.5. The van der Waals surface area contributed by atoms with Crippen molar-refractivity contribution in [3.05, 3.63) is 24.3 Å². The Kier molecular flexibility index (Phi) is 5.57. The second-order valence-electron chi connectivity index (χ2n) is 5.03. The van der Waals surface area contributed by atoms with Crippen LogP contribution in [0.5, 0.6) is 0 Å². The van der Waals surface area contributed by atoms with Crippen LogP contribution in [0.15, 0.2) is 24.3 Å². The zero-order chi connectivity index (χ0) is 15.1. The molecule has 0 unspecified atom stereocenters. The van der Waals surface area contributed by atoms with Crippen molar-refractivity contribution >= 4 is 23.3 Å². The van der Waals surface area contributed by atoms with Gasteiger partial charge < -0.3 is 20.1 Å². The molecule has 21 heavy (non-hydrogen) atoms. The Hall–Kier alpha value is -2.08. The molecule has 0 aliphatic carbocycles. The van der Waals surface area contributed by atoms with Gasteiger partial charge in [0.05, 0.1) is 0 Å². The second-order valence-corrected chi connectivity index (χ2v) is 5.03. The van der Waals surface area contributed by atoms with Crippen molar-refractivity contribution < 1.29 is 19.4 Å². The van der Waals surface area contributed by atoms with E-state index in [1.54, 1.807) is 0 Å². The van der Waals surface area contributed by atoms with Gasteiger partial charge in [-0.25, -0.2) is 4.79 Å². The molecule has 1 heterocycles. The minimum Gasteiger partial charge on any atom is -0.480 e. The van der Waals surface area contributed by atoms with Gasteiger partial charge in [-0.05, 0) is 43.5 Å². The van der Waals surface area contributed by atoms with Crippen molar-refractivity contribution in [1.29, 1.82) is 0 Å². The molecule has 1 amide bonds. The lowest BCUT2D eigenvalue weighted by Gasteiger charge is -2.28. The predicted molar refractivity (Wildman–Crippen MR) is 79.6 cm³/mol. The van der Waals surface area contributed by atoms with Gasteiger partial charge >= 0.3 is 5.97 Å². The summed E-state index contributed by atoms with van der Waals surface area (Å²) in [6.45, 7) is 1.42. The second kappa shape index (κ2) is 7.64. The van der Waals surface area contributed by atoms with Crippen LogP contribution in [0.25, 0.3) is 0 Å². The van der Waals surface area contributed by atoms with E-state index in [1.165, 1.54) is 19.3 Å². The Morgan fingerprint density at radius 1 is 1.10 bits per heavy atom. The summed E-state index contributed by atoms with van der Waals surface area (Å²) in [5, 5.41) is 11.1. The van der Waals surface area contributed by atoms with Crippen LogP contribution < -0.4 is 10.2 Å². The Labute approximate surface area is 123 Å². The van der Waals surface area contributed by atoms with Gasteiger partial charge in [0.1, 0.15) is 13.2 Å². The number of carbonyl (C=O) groups excluding carboxylic acids is 1. The first-order valence-corrected chi connectivity index (χ1v) is 7.09. The van der Waals surface area contributed by atoms with Crippen LogP contribution in [0.1, 0.15) is 19.3 Å². The maximum atomic E-state index is 11.5. The highest BCUT2D eigenvalue weighted by Gasteiger charge is 2.11.